The summed E-state index contributed by atoms with van der Waals surface area (Å²) in [5.74, 6) is -0.0725. The lowest BCUT2D eigenvalue weighted by molar-refractivity contribution is 0.0960. The summed E-state index contributed by atoms with van der Waals surface area (Å²) in [6.07, 6.45) is 0.812. The van der Waals surface area contributed by atoms with Crippen molar-refractivity contribution >= 4 is 17.1 Å². The van der Waals surface area contributed by atoms with Crippen LogP contribution in [0.1, 0.15) is 67.3 Å². The molecule has 0 fully saturated rings. The molecule has 1 aliphatic carbocycles. The molecule has 0 radical (unpaired) electrons. The second kappa shape index (κ2) is 6.35. The van der Waals surface area contributed by atoms with Gasteiger partial charge in [0, 0.05) is 22.3 Å². The van der Waals surface area contributed by atoms with Crippen LogP contribution in [-0.2, 0) is 0 Å². The summed E-state index contributed by atoms with van der Waals surface area (Å²) in [5, 5.41) is 0. The van der Waals surface area contributed by atoms with Gasteiger partial charge in [-0.25, -0.2) is 0 Å². The van der Waals surface area contributed by atoms with Crippen molar-refractivity contribution < 1.29 is 9.59 Å². The highest BCUT2D eigenvalue weighted by molar-refractivity contribution is 6.40. The number of carbonyl (C=O) groups is 2. The number of fused-ring (bicyclic) bond motifs is 1. The monoisotopic (exact) mass is 346 g/mol. The van der Waals surface area contributed by atoms with Crippen molar-refractivity contribution in [1.29, 1.82) is 0 Å². The number of ketones is 2. The predicted molar refractivity (Wildman–Crippen MR) is 106 cm³/mol. The topological polar surface area (TPSA) is 34.1 Å². The molecule has 0 atom stereocenters. The van der Waals surface area contributed by atoms with Crippen molar-refractivity contribution in [2.75, 3.05) is 0 Å². The predicted octanol–water partition coefficient (Wildman–Crippen LogP) is 5.98. The fraction of sp³-hybridized carbons (Fsp3) is 0.333. The third kappa shape index (κ3) is 3.29. The number of hydrogen-bond donors (Lipinski definition) is 0. The molecule has 0 bridgehead atoms. The zero-order valence-electron chi connectivity index (χ0n) is 16.2. The third-order valence-electron chi connectivity index (χ3n) is 4.83. The van der Waals surface area contributed by atoms with Crippen molar-refractivity contribution in [2.24, 2.45) is 10.8 Å². The first-order valence-corrected chi connectivity index (χ1v) is 9.10. The van der Waals surface area contributed by atoms with E-state index in [4.69, 9.17) is 0 Å². The van der Waals surface area contributed by atoms with Gasteiger partial charge < -0.3 is 0 Å². The molecule has 0 amide bonds. The average molecular weight is 346 g/mol. The lowest BCUT2D eigenvalue weighted by atomic mass is 9.65. The van der Waals surface area contributed by atoms with Crippen LogP contribution in [0.25, 0.3) is 5.57 Å². The molecular formula is C24H26O2. The molecular weight excluding hydrogens is 320 g/mol. The van der Waals surface area contributed by atoms with Crippen LogP contribution in [-0.4, -0.2) is 11.6 Å². The van der Waals surface area contributed by atoms with Crippen LogP contribution in [0.2, 0.25) is 0 Å². The number of Topliss-reactive ketones (excluding diaryl/α,β-unsaturated/α-hetero) is 2. The van der Waals surface area contributed by atoms with Crippen LogP contribution in [0.15, 0.2) is 60.2 Å². The van der Waals surface area contributed by atoms with Crippen LogP contribution in [0.3, 0.4) is 0 Å². The zero-order valence-corrected chi connectivity index (χ0v) is 16.2. The van der Waals surface area contributed by atoms with Gasteiger partial charge in [-0.3, -0.25) is 9.59 Å². The van der Waals surface area contributed by atoms with E-state index >= 15 is 0 Å². The summed E-state index contributed by atoms with van der Waals surface area (Å²) in [6.45, 7) is 10.7. The van der Waals surface area contributed by atoms with Gasteiger partial charge in [0.25, 0.3) is 0 Å². The minimum Gasteiger partial charge on any atom is -0.289 e. The van der Waals surface area contributed by atoms with E-state index in [1.165, 1.54) is 0 Å². The van der Waals surface area contributed by atoms with Gasteiger partial charge in [0.1, 0.15) is 0 Å². The van der Waals surface area contributed by atoms with Gasteiger partial charge in [0.05, 0.1) is 0 Å². The molecule has 1 aliphatic rings. The van der Waals surface area contributed by atoms with Gasteiger partial charge in [0.15, 0.2) is 11.6 Å². The summed E-state index contributed by atoms with van der Waals surface area (Å²) in [5.41, 5.74) is 2.67. The van der Waals surface area contributed by atoms with Gasteiger partial charge in [-0.15, -0.1) is 0 Å². The molecule has 134 valence electrons. The minimum absolute atomic E-state index is 0.0201. The number of carbonyl (C=O) groups excluding carboxylic acids is 2. The first-order chi connectivity index (χ1) is 12.1. The molecule has 0 saturated heterocycles. The van der Waals surface area contributed by atoms with E-state index in [1.807, 2.05) is 42.5 Å². The zero-order chi connectivity index (χ0) is 19.1. The Morgan fingerprint density at radius 1 is 0.692 bits per heavy atom. The van der Waals surface area contributed by atoms with E-state index in [2.05, 4.69) is 34.6 Å². The maximum absolute atomic E-state index is 13.5. The Morgan fingerprint density at radius 2 is 1.19 bits per heavy atom. The largest absolute Gasteiger partial charge is 0.289 e. The molecule has 26 heavy (non-hydrogen) atoms. The molecule has 0 N–H and O–H groups in total. The number of benzene rings is 2. The standard InChI is InChI=1S/C24H26O2/c1-23(2,3)15-24(4,5)20-19(16-11-7-6-8-12-16)21(25)17-13-9-10-14-18(17)22(20)26/h6-14H,15H2,1-5H3. The fourth-order valence-corrected chi connectivity index (χ4v) is 4.32. The first-order valence-electron chi connectivity index (χ1n) is 9.10. The smallest absolute Gasteiger partial charge is 0.194 e. The second-order valence-electron chi connectivity index (χ2n) is 8.94. The van der Waals surface area contributed by atoms with Crippen molar-refractivity contribution in [2.45, 2.75) is 41.0 Å². The molecule has 2 nitrogen and oxygen atoms in total. The second-order valence-corrected chi connectivity index (χ2v) is 8.94. The molecule has 0 unspecified atom stereocenters. The molecule has 0 spiro atoms. The van der Waals surface area contributed by atoms with Gasteiger partial charge in [-0.2, -0.15) is 0 Å². The van der Waals surface area contributed by atoms with Crippen molar-refractivity contribution in [3.05, 3.63) is 76.9 Å². The van der Waals surface area contributed by atoms with E-state index in [1.54, 1.807) is 12.1 Å². The van der Waals surface area contributed by atoms with E-state index < -0.39 is 5.41 Å². The van der Waals surface area contributed by atoms with Gasteiger partial charge >= 0.3 is 0 Å². The molecule has 0 aromatic heterocycles. The van der Waals surface area contributed by atoms with E-state index in [9.17, 15) is 9.59 Å². The van der Waals surface area contributed by atoms with Gasteiger partial charge in [0.2, 0.25) is 0 Å². The van der Waals surface area contributed by atoms with Gasteiger partial charge in [-0.1, -0.05) is 89.2 Å². The summed E-state index contributed by atoms with van der Waals surface area (Å²) in [4.78, 5) is 26.8. The fourth-order valence-electron chi connectivity index (χ4n) is 4.32. The Bertz CT molecular complexity index is 893. The molecule has 2 aromatic carbocycles. The number of hydrogen-bond acceptors (Lipinski definition) is 2. The Balaban J connectivity index is 2.30. The Labute approximate surface area is 155 Å². The van der Waals surface area contributed by atoms with Crippen LogP contribution < -0.4 is 0 Å². The van der Waals surface area contributed by atoms with Crippen molar-refractivity contribution in [3.8, 4) is 0 Å². The highest BCUT2D eigenvalue weighted by Crippen LogP contribution is 2.46. The first kappa shape index (κ1) is 18.3. The van der Waals surface area contributed by atoms with Crippen LogP contribution >= 0.6 is 0 Å². The number of allylic oxidation sites excluding steroid dienone is 2. The molecule has 0 aliphatic heterocycles. The van der Waals surface area contributed by atoms with E-state index in [0.29, 0.717) is 22.3 Å². The lowest BCUT2D eigenvalue weighted by Crippen LogP contribution is -2.32. The van der Waals surface area contributed by atoms with E-state index in [0.717, 1.165) is 12.0 Å². The molecule has 3 rings (SSSR count). The Hall–Kier alpha value is -2.48. The summed E-state index contributed by atoms with van der Waals surface area (Å²) in [7, 11) is 0. The molecule has 0 heterocycles. The summed E-state index contributed by atoms with van der Waals surface area (Å²) >= 11 is 0. The molecule has 2 aromatic rings. The van der Waals surface area contributed by atoms with Crippen LogP contribution in [0.4, 0.5) is 0 Å². The number of rotatable bonds is 3. The lowest BCUT2D eigenvalue weighted by Gasteiger charge is -2.37. The van der Waals surface area contributed by atoms with Crippen molar-refractivity contribution in [3.63, 3.8) is 0 Å². The average Bonchev–Trinajstić information content (AvgIpc) is 2.56. The Kier molecular flexibility index (Phi) is 4.47. The highest BCUT2D eigenvalue weighted by atomic mass is 16.1. The van der Waals surface area contributed by atoms with E-state index in [-0.39, 0.29) is 17.0 Å². The third-order valence-corrected chi connectivity index (χ3v) is 4.83. The summed E-state index contributed by atoms with van der Waals surface area (Å²) < 4.78 is 0. The van der Waals surface area contributed by atoms with Gasteiger partial charge in [-0.05, 0) is 22.8 Å². The maximum Gasteiger partial charge on any atom is 0.194 e. The van der Waals surface area contributed by atoms with Crippen LogP contribution in [0, 0.1) is 10.8 Å². The van der Waals surface area contributed by atoms with Crippen molar-refractivity contribution in [1.82, 2.24) is 0 Å². The Morgan fingerprint density at radius 3 is 1.73 bits per heavy atom. The normalized spacial score (nSPS) is 15.3. The molecule has 0 saturated carbocycles. The SMILES string of the molecule is CC(C)(C)CC(C)(C)C1=C(c2ccccc2)C(=O)c2ccccc2C1=O. The van der Waals surface area contributed by atoms with Crippen LogP contribution in [0.5, 0.6) is 0 Å². The highest BCUT2D eigenvalue weighted by Gasteiger charge is 2.41. The molecule has 2 heteroatoms. The summed E-state index contributed by atoms with van der Waals surface area (Å²) in [6, 6.07) is 16.8. The minimum atomic E-state index is -0.413. The maximum atomic E-state index is 13.5. The quantitative estimate of drug-likeness (QED) is 0.685.